The van der Waals surface area contributed by atoms with Crippen molar-refractivity contribution in [1.29, 1.82) is 0 Å². The molecule has 76 valence electrons. The molecular formula is C6H7Cl2F3N2. The van der Waals surface area contributed by atoms with Gasteiger partial charge in [-0.15, -0.1) is 24.8 Å². The van der Waals surface area contributed by atoms with E-state index in [-0.39, 0.29) is 24.8 Å². The number of benzene rings is 1. The SMILES string of the molecule is Cl.Cl.Nc1c(F)cc(F)c(F)c1N. The van der Waals surface area contributed by atoms with Gasteiger partial charge < -0.3 is 11.5 Å². The van der Waals surface area contributed by atoms with Gasteiger partial charge in [-0.1, -0.05) is 0 Å². The standard InChI is InChI=1S/C6H5F3N2.2ClH/c7-2-1-3(8)5(10)6(11)4(2)9;;/h1H,10-11H2;2*1H. The van der Waals surface area contributed by atoms with Crippen LogP contribution in [0.15, 0.2) is 6.07 Å². The summed E-state index contributed by atoms with van der Waals surface area (Å²) in [4.78, 5) is 0. The van der Waals surface area contributed by atoms with Crippen LogP contribution >= 0.6 is 24.8 Å². The minimum absolute atomic E-state index is 0. The highest BCUT2D eigenvalue weighted by Crippen LogP contribution is 2.24. The molecule has 1 rings (SSSR count). The highest BCUT2D eigenvalue weighted by atomic mass is 35.5. The van der Waals surface area contributed by atoms with E-state index in [1.165, 1.54) is 0 Å². The molecule has 0 saturated carbocycles. The summed E-state index contributed by atoms with van der Waals surface area (Å²) in [5, 5.41) is 0. The van der Waals surface area contributed by atoms with Crippen LogP contribution in [0, 0.1) is 17.5 Å². The summed E-state index contributed by atoms with van der Waals surface area (Å²) in [6.07, 6.45) is 0. The van der Waals surface area contributed by atoms with E-state index >= 15 is 0 Å². The molecule has 0 spiro atoms. The highest BCUT2D eigenvalue weighted by molar-refractivity contribution is 5.85. The first-order chi connectivity index (χ1) is 5.04. The van der Waals surface area contributed by atoms with Gasteiger partial charge in [-0.3, -0.25) is 0 Å². The Morgan fingerprint density at radius 3 is 1.77 bits per heavy atom. The number of nitrogens with two attached hydrogens (primary N) is 2. The third-order valence-corrected chi connectivity index (χ3v) is 1.25. The van der Waals surface area contributed by atoms with Gasteiger partial charge in [-0.25, -0.2) is 13.2 Å². The zero-order valence-corrected chi connectivity index (χ0v) is 7.82. The Morgan fingerprint density at radius 1 is 0.846 bits per heavy atom. The Kier molecular flexibility index (Phi) is 5.69. The first kappa shape index (κ1) is 14.7. The molecule has 0 bridgehead atoms. The Balaban J connectivity index is 0. The van der Waals surface area contributed by atoms with Crippen LogP contribution in [0.25, 0.3) is 0 Å². The average Bonchev–Trinajstić information content (AvgIpc) is 1.97. The Labute approximate surface area is 84.9 Å². The van der Waals surface area contributed by atoms with Crippen molar-refractivity contribution in [2.45, 2.75) is 0 Å². The normalized spacial score (nSPS) is 8.54. The fourth-order valence-corrected chi connectivity index (χ4v) is 0.628. The molecule has 0 aliphatic carbocycles. The maximum absolute atomic E-state index is 12.4. The second-order valence-corrected chi connectivity index (χ2v) is 1.98. The van der Waals surface area contributed by atoms with Gasteiger partial charge >= 0.3 is 0 Å². The van der Waals surface area contributed by atoms with Crippen LogP contribution in [0.4, 0.5) is 24.5 Å². The lowest BCUT2D eigenvalue weighted by Crippen LogP contribution is -2.03. The van der Waals surface area contributed by atoms with Gasteiger partial charge in [0.2, 0.25) is 0 Å². The van der Waals surface area contributed by atoms with E-state index < -0.39 is 28.8 Å². The number of nitrogen functional groups attached to an aromatic ring is 2. The maximum atomic E-state index is 12.4. The summed E-state index contributed by atoms with van der Waals surface area (Å²) in [5.41, 5.74) is 8.59. The van der Waals surface area contributed by atoms with Crippen molar-refractivity contribution in [2.75, 3.05) is 11.5 Å². The maximum Gasteiger partial charge on any atom is 0.183 e. The minimum Gasteiger partial charge on any atom is -0.395 e. The molecule has 0 aromatic heterocycles. The average molecular weight is 235 g/mol. The monoisotopic (exact) mass is 234 g/mol. The summed E-state index contributed by atoms with van der Waals surface area (Å²) >= 11 is 0. The van der Waals surface area contributed by atoms with Crippen LogP contribution in [-0.4, -0.2) is 0 Å². The first-order valence-corrected chi connectivity index (χ1v) is 2.72. The Morgan fingerprint density at radius 2 is 1.31 bits per heavy atom. The molecule has 0 fully saturated rings. The molecule has 13 heavy (non-hydrogen) atoms. The number of hydrogen-bond acceptors (Lipinski definition) is 2. The molecule has 0 radical (unpaired) electrons. The molecule has 4 N–H and O–H groups in total. The molecule has 0 unspecified atom stereocenters. The number of hydrogen-bond donors (Lipinski definition) is 2. The van der Waals surface area contributed by atoms with Gasteiger partial charge in [0.25, 0.3) is 0 Å². The van der Waals surface area contributed by atoms with Crippen LogP contribution in [0.5, 0.6) is 0 Å². The van der Waals surface area contributed by atoms with E-state index in [0.29, 0.717) is 6.07 Å². The zero-order valence-electron chi connectivity index (χ0n) is 6.18. The number of rotatable bonds is 0. The van der Waals surface area contributed by atoms with Gasteiger partial charge in [-0.05, 0) is 0 Å². The molecule has 0 amide bonds. The second kappa shape index (κ2) is 5.04. The van der Waals surface area contributed by atoms with Crippen molar-refractivity contribution in [2.24, 2.45) is 0 Å². The lowest BCUT2D eigenvalue weighted by molar-refractivity contribution is 0.500. The molecule has 0 atom stereocenters. The van der Waals surface area contributed by atoms with Crippen LogP contribution in [0.1, 0.15) is 0 Å². The van der Waals surface area contributed by atoms with Crippen LogP contribution in [0.2, 0.25) is 0 Å². The lowest BCUT2D eigenvalue weighted by Gasteiger charge is -2.02. The molecule has 0 heterocycles. The van der Waals surface area contributed by atoms with Crippen LogP contribution in [0.3, 0.4) is 0 Å². The van der Waals surface area contributed by atoms with Gasteiger partial charge in [0.1, 0.15) is 0 Å². The van der Waals surface area contributed by atoms with Crippen molar-refractivity contribution < 1.29 is 13.2 Å². The fourth-order valence-electron chi connectivity index (χ4n) is 0.628. The molecule has 0 saturated heterocycles. The zero-order chi connectivity index (χ0) is 8.59. The van der Waals surface area contributed by atoms with Crippen molar-refractivity contribution in [3.8, 4) is 0 Å². The largest absolute Gasteiger partial charge is 0.395 e. The minimum atomic E-state index is -1.34. The molecule has 0 aliphatic heterocycles. The molecule has 7 heteroatoms. The summed E-state index contributed by atoms with van der Waals surface area (Å²) in [7, 11) is 0. The molecule has 1 aromatic carbocycles. The topological polar surface area (TPSA) is 52.0 Å². The van der Waals surface area contributed by atoms with E-state index in [1.54, 1.807) is 0 Å². The van der Waals surface area contributed by atoms with E-state index in [0.717, 1.165) is 0 Å². The van der Waals surface area contributed by atoms with Gasteiger partial charge in [0, 0.05) is 6.07 Å². The van der Waals surface area contributed by atoms with E-state index in [4.69, 9.17) is 11.5 Å². The first-order valence-electron chi connectivity index (χ1n) is 2.72. The molecule has 2 nitrogen and oxygen atoms in total. The highest BCUT2D eigenvalue weighted by Gasteiger charge is 2.13. The van der Waals surface area contributed by atoms with E-state index in [2.05, 4.69) is 0 Å². The van der Waals surface area contributed by atoms with E-state index in [1.807, 2.05) is 0 Å². The van der Waals surface area contributed by atoms with E-state index in [9.17, 15) is 13.2 Å². The fraction of sp³-hybridized carbons (Fsp3) is 0. The predicted molar refractivity (Wildman–Crippen MR) is 49.6 cm³/mol. The molecule has 0 aliphatic rings. The predicted octanol–water partition coefficient (Wildman–Crippen LogP) is 2.11. The van der Waals surface area contributed by atoms with Crippen LogP contribution in [-0.2, 0) is 0 Å². The lowest BCUT2D eigenvalue weighted by atomic mass is 10.2. The Bertz CT molecular complexity index is 280. The number of anilines is 2. The third-order valence-electron chi connectivity index (χ3n) is 1.25. The smallest absolute Gasteiger partial charge is 0.183 e. The summed E-state index contributed by atoms with van der Waals surface area (Å²) in [6, 6.07) is 0.348. The third kappa shape index (κ3) is 2.57. The van der Waals surface area contributed by atoms with Gasteiger partial charge in [-0.2, -0.15) is 0 Å². The van der Waals surface area contributed by atoms with Crippen molar-refractivity contribution in [1.82, 2.24) is 0 Å². The summed E-state index contributed by atoms with van der Waals surface area (Å²) < 4.78 is 37.1. The van der Waals surface area contributed by atoms with Crippen molar-refractivity contribution in [3.63, 3.8) is 0 Å². The molecular weight excluding hydrogens is 228 g/mol. The van der Waals surface area contributed by atoms with Crippen LogP contribution < -0.4 is 11.5 Å². The number of halogens is 5. The van der Waals surface area contributed by atoms with Crippen molar-refractivity contribution >= 4 is 36.2 Å². The second-order valence-electron chi connectivity index (χ2n) is 1.98. The summed E-state index contributed by atoms with van der Waals surface area (Å²) in [5.74, 6) is -3.71. The van der Waals surface area contributed by atoms with Gasteiger partial charge in [0.15, 0.2) is 17.5 Å². The quantitative estimate of drug-likeness (QED) is 0.534. The molecule has 1 aromatic rings. The van der Waals surface area contributed by atoms with Gasteiger partial charge in [0.05, 0.1) is 11.4 Å². The summed E-state index contributed by atoms with van der Waals surface area (Å²) in [6.45, 7) is 0. The Hall–Kier alpha value is -0.810. The van der Waals surface area contributed by atoms with Crippen molar-refractivity contribution in [3.05, 3.63) is 23.5 Å².